The van der Waals surface area contributed by atoms with Crippen LogP contribution in [0.4, 0.5) is 5.82 Å². The monoisotopic (exact) mass is 323 g/mol. The number of hydrogen-bond acceptors (Lipinski definition) is 5. The summed E-state index contributed by atoms with van der Waals surface area (Å²) >= 11 is 5.50. The van der Waals surface area contributed by atoms with Gasteiger partial charge in [-0.05, 0) is 19.8 Å². The molecule has 0 atom stereocenters. The second-order valence-electron chi connectivity index (χ2n) is 4.34. The standard InChI is InChI=1S/C11H18ClN3O4S/c1-9-7-10(14-19-9)13-11(16)8-15(2)20(17,18)6-4-3-5-12/h7H,3-6,8H2,1-2H3,(H,13,14,16). The highest BCUT2D eigenvalue weighted by atomic mass is 35.5. The summed E-state index contributed by atoms with van der Waals surface area (Å²) in [6.45, 7) is 1.42. The number of anilines is 1. The van der Waals surface area contributed by atoms with E-state index in [0.29, 0.717) is 24.5 Å². The molecule has 0 saturated carbocycles. The second kappa shape index (κ2) is 7.61. The molecule has 20 heavy (non-hydrogen) atoms. The molecule has 1 heterocycles. The summed E-state index contributed by atoms with van der Waals surface area (Å²) < 4.78 is 29.5. The molecule has 1 amide bonds. The Bertz CT molecular complexity index is 544. The van der Waals surface area contributed by atoms with Gasteiger partial charge in [-0.25, -0.2) is 8.42 Å². The number of nitrogens with one attached hydrogen (secondary N) is 1. The van der Waals surface area contributed by atoms with Crippen molar-refractivity contribution in [2.24, 2.45) is 0 Å². The first kappa shape index (κ1) is 16.9. The van der Waals surface area contributed by atoms with Crippen molar-refractivity contribution in [2.75, 3.05) is 30.5 Å². The van der Waals surface area contributed by atoms with Crippen molar-refractivity contribution in [3.05, 3.63) is 11.8 Å². The minimum atomic E-state index is -3.44. The van der Waals surface area contributed by atoms with Crippen molar-refractivity contribution in [2.45, 2.75) is 19.8 Å². The van der Waals surface area contributed by atoms with E-state index in [9.17, 15) is 13.2 Å². The van der Waals surface area contributed by atoms with E-state index >= 15 is 0 Å². The molecule has 0 aliphatic heterocycles. The van der Waals surface area contributed by atoms with E-state index in [1.807, 2.05) is 0 Å². The molecule has 0 spiro atoms. The molecule has 0 saturated heterocycles. The largest absolute Gasteiger partial charge is 0.360 e. The van der Waals surface area contributed by atoms with E-state index in [0.717, 1.165) is 4.31 Å². The van der Waals surface area contributed by atoms with Crippen LogP contribution < -0.4 is 5.32 Å². The Balaban J connectivity index is 2.48. The van der Waals surface area contributed by atoms with E-state index in [2.05, 4.69) is 10.5 Å². The third-order valence-corrected chi connectivity index (χ3v) is 4.67. The van der Waals surface area contributed by atoms with Gasteiger partial charge in [-0.15, -0.1) is 11.6 Å². The maximum Gasteiger partial charge on any atom is 0.240 e. The zero-order valence-corrected chi connectivity index (χ0v) is 13.0. The van der Waals surface area contributed by atoms with E-state index in [1.165, 1.54) is 7.05 Å². The quantitative estimate of drug-likeness (QED) is 0.573. The number of carbonyl (C=O) groups is 1. The first-order valence-corrected chi connectivity index (χ1v) is 8.22. The maximum absolute atomic E-state index is 11.9. The molecule has 7 nitrogen and oxygen atoms in total. The highest BCUT2D eigenvalue weighted by Crippen LogP contribution is 2.08. The van der Waals surface area contributed by atoms with Crippen molar-refractivity contribution >= 4 is 33.3 Å². The number of aryl methyl sites for hydroxylation is 1. The number of sulfonamides is 1. The molecule has 1 aromatic rings. The third kappa shape index (κ3) is 5.48. The van der Waals surface area contributed by atoms with Crippen LogP contribution >= 0.6 is 11.6 Å². The Morgan fingerprint density at radius 2 is 2.20 bits per heavy atom. The van der Waals surface area contributed by atoms with Crippen molar-refractivity contribution in [3.63, 3.8) is 0 Å². The van der Waals surface area contributed by atoms with Gasteiger partial charge < -0.3 is 9.84 Å². The minimum Gasteiger partial charge on any atom is -0.360 e. The number of nitrogens with zero attached hydrogens (tertiary/aromatic N) is 2. The summed E-state index contributed by atoms with van der Waals surface area (Å²) in [6.07, 6.45) is 1.10. The molecule has 9 heteroatoms. The van der Waals surface area contributed by atoms with Crippen LogP contribution in [0.5, 0.6) is 0 Å². The normalized spacial score (nSPS) is 11.8. The van der Waals surface area contributed by atoms with Crippen LogP contribution in [0.25, 0.3) is 0 Å². The molecule has 0 aromatic carbocycles. The lowest BCUT2D eigenvalue weighted by Gasteiger charge is -2.16. The van der Waals surface area contributed by atoms with Crippen LogP contribution in [0.2, 0.25) is 0 Å². The summed E-state index contributed by atoms with van der Waals surface area (Å²) in [5.74, 6) is 0.752. The van der Waals surface area contributed by atoms with Gasteiger partial charge in [0.05, 0.1) is 12.3 Å². The fourth-order valence-electron chi connectivity index (χ4n) is 1.44. The molecule has 0 unspecified atom stereocenters. The summed E-state index contributed by atoms with van der Waals surface area (Å²) in [6, 6.07) is 1.55. The molecular formula is C11H18ClN3O4S. The van der Waals surface area contributed by atoms with Gasteiger partial charge in [-0.2, -0.15) is 4.31 Å². The lowest BCUT2D eigenvalue weighted by Crippen LogP contribution is -2.36. The van der Waals surface area contributed by atoms with Gasteiger partial charge in [-0.3, -0.25) is 4.79 Å². The molecule has 0 fully saturated rings. The molecule has 114 valence electrons. The number of likely N-dealkylation sites (N-methyl/N-ethyl adjacent to an activating group) is 1. The Labute approximate surface area is 123 Å². The smallest absolute Gasteiger partial charge is 0.240 e. The van der Waals surface area contributed by atoms with E-state index in [-0.39, 0.29) is 18.1 Å². The van der Waals surface area contributed by atoms with Crippen molar-refractivity contribution in [1.82, 2.24) is 9.46 Å². The van der Waals surface area contributed by atoms with Gasteiger partial charge >= 0.3 is 0 Å². The number of rotatable bonds is 8. The van der Waals surface area contributed by atoms with Crippen LogP contribution in [0.15, 0.2) is 10.6 Å². The molecule has 1 N–H and O–H groups in total. The molecule has 0 aliphatic rings. The third-order valence-electron chi connectivity index (χ3n) is 2.52. The van der Waals surface area contributed by atoms with Crippen LogP contribution in [-0.4, -0.2) is 49.0 Å². The van der Waals surface area contributed by atoms with Crippen molar-refractivity contribution in [3.8, 4) is 0 Å². The number of halogens is 1. The van der Waals surface area contributed by atoms with E-state index in [4.69, 9.17) is 16.1 Å². The summed E-state index contributed by atoms with van der Waals surface area (Å²) in [7, 11) is -2.08. The lowest BCUT2D eigenvalue weighted by atomic mass is 10.4. The van der Waals surface area contributed by atoms with E-state index < -0.39 is 15.9 Å². The summed E-state index contributed by atoms with van der Waals surface area (Å²) in [4.78, 5) is 11.7. The Morgan fingerprint density at radius 1 is 1.50 bits per heavy atom. The first-order chi connectivity index (χ1) is 9.35. The molecule has 0 aliphatic carbocycles. The number of unbranched alkanes of at least 4 members (excludes halogenated alkanes) is 1. The van der Waals surface area contributed by atoms with Gasteiger partial charge in [-0.1, -0.05) is 5.16 Å². The number of aromatic nitrogens is 1. The molecule has 1 rings (SSSR count). The molecule has 1 aromatic heterocycles. The average molecular weight is 324 g/mol. The van der Waals surface area contributed by atoms with Crippen molar-refractivity contribution < 1.29 is 17.7 Å². The summed E-state index contributed by atoms with van der Waals surface area (Å²) in [5, 5.41) is 6.06. The zero-order chi connectivity index (χ0) is 15.2. The highest BCUT2D eigenvalue weighted by molar-refractivity contribution is 7.89. The van der Waals surface area contributed by atoms with Gasteiger partial charge in [0, 0.05) is 19.0 Å². The van der Waals surface area contributed by atoms with Gasteiger partial charge in [0.15, 0.2) is 5.82 Å². The fraction of sp³-hybridized carbons (Fsp3) is 0.636. The van der Waals surface area contributed by atoms with Crippen LogP contribution in [0.3, 0.4) is 0 Å². The Morgan fingerprint density at radius 3 is 2.75 bits per heavy atom. The van der Waals surface area contributed by atoms with Crippen molar-refractivity contribution in [1.29, 1.82) is 0 Å². The van der Waals surface area contributed by atoms with Gasteiger partial charge in [0.25, 0.3) is 0 Å². The maximum atomic E-state index is 11.9. The van der Waals surface area contributed by atoms with E-state index in [1.54, 1.807) is 13.0 Å². The van der Waals surface area contributed by atoms with Crippen LogP contribution in [0.1, 0.15) is 18.6 Å². The van der Waals surface area contributed by atoms with Crippen LogP contribution in [-0.2, 0) is 14.8 Å². The van der Waals surface area contributed by atoms with Gasteiger partial charge in [0.1, 0.15) is 5.76 Å². The number of hydrogen-bond donors (Lipinski definition) is 1. The zero-order valence-electron chi connectivity index (χ0n) is 11.4. The minimum absolute atomic E-state index is 0.0213. The predicted molar refractivity (Wildman–Crippen MR) is 76.2 cm³/mol. The molecule has 0 radical (unpaired) electrons. The number of carbonyl (C=O) groups excluding carboxylic acids is 1. The predicted octanol–water partition coefficient (Wildman–Crippen LogP) is 1.20. The SMILES string of the molecule is Cc1cc(NC(=O)CN(C)S(=O)(=O)CCCCCl)no1. The number of amides is 1. The molecular weight excluding hydrogens is 306 g/mol. The van der Waals surface area contributed by atoms with Gasteiger partial charge in [0.2, 0.25) is 15.9 Å². The first-order valence-electron chi connectivity index (χ1n) is 6.08. The topological polar surface area (TPSA) is 92.5 Å². The lowest BCUT2D eigenvalue weighted by molar-refractivity contribution is -0.116. The average Bonchev–Trinajstić information content (AvgIpc) is 2.74. The summed E-state index contributed by atoms with van der Waals surface area (Å²) in [5.41, 5.74) is 0. The number of alkyl halides is 1. The Kier molecular flexibility index (Phi) is 6.44. The highest BCUT2D eigenvalue weighted by Gasteiger charge is 2.20. The second-order valence-corrected chi connectivity index (χ2v) is 6.91. The Hall–Kier alpha value is -1.12. The van der Waals surface area contributed by atoms with Crippen LogP contribution in [0, 0.1) is 6.92 Å². The molecule has 0 bridgehead atoms. The fourth-order valence-corrected chi connectivity index (χ4v) is 2.83.